The van der Waals surface area contributed by atoms with Crippen molar-refractivity contribution in [2.24, 2.45) is 0 Å². The summed E-state index contributed by atoms with van der Waals surface area (Å²) >= 11 is 7.56. The van der Waals surface area contributed by atoms with Crippen molar-refractivity contribution in [3.8, 4) is 0 Å². The van der Waals surface area contributed by atoms with Crippen molar-refractivity contribution in [3.63, 3.8) is 0 Å². The number of thioether (sulfide) groups is 1. The minimum atomic E-state index is -0.256. The molecule has 0 fully saturated rings. The van der Waals surface area contributed by atoms with Gasteiger partial charge in [-0.1, -0.05) is 22.8 Å². The van der Waals surface area contributed by atoms with Crippen molar-refractivity contribution in [2.45, 2.75) is 25.4 Å². The lowest BCUT2D eigenvalue weighted by molar-refractivity contribution is 0.392. The van der Waals surface area contributed by atoms with Crippen LogP contribution in [0.3, 0.4) is 0 Å². The molecule has 2 rings (SSSR count). The van der Waals surface area contributed by atoms with Crippen LogP contribution in [0, 0.1) is 19.7 Å². The zero-order chi connectivity index (χ0) is 13.1. The Kier molecular flexibility index (Phi) is 4.30. The molecule has 0 aliphatic heterocycles. The Hall–Kier alpha value is -1.00. The van der Waals surface area contributed by atoms with Gasteiger partial charge in [0, 0.05) is 27.7 Å². The standard InChI is InChI=1S/C13H13ClFNOS/c1-8-10(9(2)17-16-8)6-18-7-11-12(14)4-3-5-13(11)15/h3-5H,6-7H2,1-2H3. The summed E-state index contributed by atoms with van der Waals surface area (Å²) in [6, 6.07) is 4.74. The zero-order valence-corrected chi connectivity index (χ0v) is 11.7. The Labute approximate surface area is 115 Å². The van der Waals surface area contributed by atoms with Gasteiger partial charge < -0.3 is 4.52 Å². The van der Waals surface area contributed by atoms with E-state index < -0.39 is 0 Å². The molecule has 0 radical (unpaired) electrons. The summed E-state index contributed by atoms with van der Waals surface area (Å²) in [4.78, 5) is 0. The first-order valence-electron chi connectivity index (χ1n) is 5.52. The Morgan fingerprint density at radius 2 is 2.00 bits per heavy atom. The van der Waals surface area contributed by atoms with Gasteiger partial charge in [0.2, 0.25) is 0 Å². The summed E-state index contributed by atoms with van der Waals surface area (Å²) in [6.07, 6.45) is 0. The molecule has 0 aliphatic carbocycles. The van der Waals surface area contributed by atoms with E-state index in [0.717, 1.165) is 22.8 Å². The van der Waals surface area contributed by atoms with Crippen LogP contribution >= 0.6 is 23.4 Å². The summed E-state index contributed by atoms with van der Waals surface area (Å²) in [5.74, 6) is 1.84. The third kappa shape index (κ3) is 2.87. The topological polar surface area (TPSA) is 26.0 Å². The highest BCUT2D eigenvalue weighted by atomic mass is 35.5. The predicted octanol–water partition coefficient (Wildman–Crippen LogP) is 4.52. The maximum atomic E-state index is 13.5. The second kappa shape index (κ2) is 5.76. The lowest BCUT2D eigenvalue weighted by Crippen LogP contribution is -1.91. The molecule has 1 aromatic heterocycles. The third-order valence-corrected chi connectivity index (χ3v) is 4.08. The average molecular weight is 286 g/mol. The summed E-state index contributed by atoms with van der Waals surface area (Å²) in [7, 11) is 0. The molecule has 0 spiro atoms. The van der Waals surface area contributed by atoms with Crippen molar-refractivity contribution >= 4 is 23.4 Å². The molecule has 0 unspecified atom stereocenters. The van der Waals surface area contributed by atoms with Crippen molar-refractivity contribution in [2.75, 3.05) is 0 Å². The van der Waals surface area contributed by atoms with Gasteiger partial charge in [-0.3, -0.25) is 0 Å². The van der Waals surface area contributed by atoms with Crippen molar-refractivity contribution in [3.05, 3.63) is 51.6 Å². The van der Waals surface area contributed by atoms with E-state index in [0.29, 0.717) is 16.3 Å². The number of halogens is 2. The van der Waals surface area contributed by atoms with E-state index in [-0.39, 0.29) is 5.82 Å². The molecule has 5 heteroatoms. The van der Waals surface area contributed by atoms with Gasteiger partial charge in [0.25, 0.3) is 0 Å². The fraction of sp³-hybridized carbons (Fsp3) is 0.308. The number of rotatable bonds is 4. The van der Waals surface area contributed by atoms with E-state index in [2.05, 4.69) is 5.16 Å². The smallest absolute Gasteiger partial charge is 0.137 e. The van der Waals surface area contributed by atoms with Crippen LogP contribution in [0.15, 0.2) is 22.7 Å². The van der Waals surface area contributed by atoms with E-state index in [1.54, 1.807) is 23.9 Å². The number of nitrogens with zero attached hydrogens (tertiary/aromatic N) is 1. The van der Waals surface area contributed by atoms with Gasteiger partial charge in [0.05, 0.1) is 5.69 Å². The molecular weight excluding hydrogens is 273 g/mol. The van der Waals surface area contributed by atoms with Crippen LogP contribution in [-0.2, 0) is 11.5 Å². The molecule has 1 heterocycles. The Morgan fingerprint density at radius 1 is 1.28 bits per heavy atom. The number of hydrogen-bond acceptors (Lipinski definition) is 3. The molecule has 96 valence electrons. The zero-order valence-electron chi connectivity index (χ0n) is 10.2. The third-order valence-electron chi connectivity index (χ3n) is 2.74. The Bertz CT molecular complexity index is 516. The lowest BCUT2D eigenvalue weighted by Gasteiger charge is -2.05. The molecular formula is C13H13ClFNOS. The van der Waals surface area contributed by atoms with Gasteiger partial charge >= 0.3 is 0 Å². The molecule has 0 saturated heterocycles. The van der Waals surface area contributed by atoms with Gasteiger partial charge in [-0.05, 0) is 26.0 Å². The van der Waals surface area contributed by atoms with Gasteiger partial charge in [-0.25, -0.2) is 4.39 Å². The molecule has 0 bridgehead atoms. The first kappa shape index (κ1) is 13.4. The molecule has 0 aliphatic rings. The van der Waals surface area contributed by atoms with Gasteiger partial charge in [0.1, 0.15) is 11.6 Å². The SMILES string of the molecule is Cc1noc(C)c1CSCc1c(F)cccc1Cl. The van der Waals surface area contributed by atoms with Gasteiger partial charge in [0.15, 0.2) is 0 Å². The normalized spacial score (nSPS) is 10.9. The van der Waals surface area contributed by atoms with E-state index in [1.807, 2.05) is 13.8 Å². The fourth-order valence-electron chi connectivity index (χ4n) is 1.63. The largest absolute Gasteiger partial charge is 0.361 e. The first-order valence-corrected chi connectivity index (χ1v) is 7.05. The van der Waals surface area contributed by atoms with Crippen LogP contribution in [-0.4, -0.2) is 5.16 Å². The van der Waals surface area contributed by atoms with E-state index >= 15 is 0 Å². The summed E-state index contributed by atoms with van der Waals surface area (Å²) in [5.41, 5.74) is 2.52. The van der Waals surface area contributed by atoms with E-state index in [9.17, 15) is 4.39 Å². The number of aryl methyl sites for hydroxylation is 2. The number of benzene rings is 1. The number of hydrogen-bond donors (Lipinski definition) is 0. The van der Waals surface area contributed by atoms with E-state index in [4.69, 9.17) is 16.1 Å². The van der Waals surface area contributed by atoms with Gasteiger partial charge in [-0.2, -0.15) is 11.8 Å². The molecule has 2 nitrogen and oxygen atoms in total. The molecule has 0 amide bonds. The van der Waals surface area contributed by atoms with Crippen LogP contribution < -0.4 is 0 Å². The summed E-state index contributed by atoms with van der Waals surface area (Å²) < 4.78 is 18.6. The van der Waals surface area contributed by atoms with Crippen LogP contribution in [0.4, 0.5) is 4.39 Å². The minimum absolute atomic E-state index is 0.256. The van der Waals surface area contributed by atoms with Crippen LogP contribution in [0.25, 0.3) is 0 Å². The summed E-state index contributed by atoms with van der Waals surface area (Å²) in [5, 5.41) is 4.36. The Morgan fingerprint density at radius 3 is 2.61 bits per heavy atom. The summed E-state index contributed by atoms with van der Waals surface area (Å²) in [6.45, 7) is 3.79. The van der Waals surface area contributed by atoms with Crippen LogP contribution in [0.5, 0.6) is 0 Å². The van der Waals surface area contributed by atoms with Crippen LogP contribution in [0.2, 0.25) is 5.02 Å². The second-order valence-electron chi connectivity index (χ2n) is 4.00. The molecule has 18 heavy (non-hydrogen) atoms. The molecule has 0 N–H and O–H groups in total. The maximum absolute atomic E-state index is 13.5. The second-order valence-corrected chi connectivity index (χ2v) is 5.39. The fourth-order valence-corrected chi connectivity index (χ4v) is 3.16. The monoisotopic (exact) mass is 285 g/mol. The van der Waals surface area contributed by atoms with Crippen LogP contribution in [0.1, 0.15) is 22.6 Å². The minimum Gasteiger partial charge on any atom is -0.361 e. The average Bonchev–Trinajstić information content (AvgIpc) is 2.64. The van der Waals surface area contributed by atoms with Crippen molar-refractivity contribution in [1.82, 2.24) is 5.16 Å². The van der Waals surface area contributed by atoms with Gasteiger partial charge in [-0.15, -0.1) is 0 Å². The first-order chi connectivity index (χ1) is 8.59. The lowest BCUT2D eigenvalue weighted by atomic mass is 10.2. The van der Waals surface area contributed by atoms with Crippen molar-refractivity contribution < 1.29 is 8.91 Å². The molecule has 0 saturated carbocycles. The number of aromatic nitrogens is 1. The molecule has 1 aromatic carbocycles. The molecule has 0 atom stereocenters. The Balaban J connectivity index is 2.01. The highest BCUT2D eigenvalue weighted by molar-refractivity contribution is 7.97. The predicted molar refractivity (Wildman–Crippen MR) is 72.4 cm³/mol. The van der Waals surface area contributed by atoms with Crippen molar-refractivity contribution in [1.29, 1.82) is 0 Å². The quantitative estimate of drug-likeness (QED) is 0.826. The highest BCUT2D eigenvalue weighted by Gasteiger charge is 2.11. The van der Waals surface area contributed by atoms with E-state index in [1.165, 1.54) is 6.07 Å². The molecule has 2 aromatic rings. The maximum Gasteiger partial charge on any atom is 0.137 e. The highest BCUT2D eigenvalue weighted by Crippen LogP contribution is 2.27.